The fourth-order valence-corrected chi connectivity index (χ4v) is 3.92. The monoisotopic (exact) mass is 447 g/mol. The molecule has 5 nitrogen and oxygen atoms in total. The van der Waals surface area contributed by atoms with Gasteiger partial charge in [0.05, 0.1) is 6.42 Å². The van der Waals surface area contributed by atoms with Gasteiger partial charge in [-0.1, -0.05) is 53.2 Å². The molecule has 3 aromatic rings. The zero-order valence-electron chi connectivity index (χ0n) is 15.9. The van der Waals surface area contributed by atoms with Crippen LogP contribution in [-0.4, -0.2) is 15.9 Å². The molecule has 0 fully saturated rings. The van der Waals surface area contributed by atoms with Gasteiger partial charge in [0.25, 0.3) is 5.56 Å². The Labute approximate surface area is 182 Å². The lowest BCUT2D eigenvalue weighted by molar-refractivity contribution is -0.115. The highest BCUT2D eigenvalue weighted by molar-refractivity contribution is 7.98. The van der Waals surface area contributed by atoms with Gasteiger partial charge in [-0.15, -0.1) is 0 Å². The molecule has 1 aromatic heterocycles. The van der Waals surface area contributed by atoms with Crippen molar-refractivity contribution >= 4 is 46.6 Å². The van der Waals surface area contributed by atoms with E-state index in [1.807, 2.05) is 37.3 Å². The number of amides is 1. The number of thioether (sulfide) groups is 1. The Bertz CT molecular complexity index is 1120. The molecule has 0 aliphatic heterocycles. The van der Waals surface area contributed by atoms with E-state index in [-0.39, 0.29) is 17.9 Å². The Morgan fingerprint density at radius 1 is 1.17 bits per heavy atom. The minimum atomic E-state index is -0.316. The third-order valence-corrected chi connectivity index (χ3v) is 5.84. The topological polar surface area (TPSA) is 74.8 Å². The number of nitrogens with zero attached hydrogens (tertiary/aromatic N) is 1. The van der Waals surface area contributed by atoms with Crippen LogP contribution in [0.5, 0.6) is 0 Å². The van der Waals surface area contributed by atoms with Crippen molar-refractivity contribution in [3.63, 3.8) is 0 Å². The lowest BCUT2D eigenvalue weighted by atomic mass is 10.1. The molecule has 0 bridgehead atoms. The average Bonchev–Trinajstić information content (AvgIpc) is 2.66. The summed E-state index contributed by atoms with van der Waals surface area (Å²) in [7, 11) is 0. The molecule has 0 unspecified atom stereocenters. The highest BCUT2D eigenvalue weighted by Gasteiger charge is 2.14. The van der Waals surface area contributed by atoms with E-state index in [9.17, 15) is 9.59 Å². The summed E-state index contributed by atoms with van der Waals surface area (Å²) in [5, 5.41) is 4.49. The molecule has 3 rings (SSSR count). The number of carbonyl (C=O) groups is 1. The lowest BCUT2D eigenvalue weighted by Gasteiger charge is -2.09. The Morgan fingerprint density at radius 2 is 1.97 bits per heavy atom. The van der Waals surface area contributed by atoms with Crippen molar-refractivity contribution in [2.75, 3.05) is 5.32 Å². The third kappa shape index (κ3) is 5.85. The summed E-state index contributed by atoms with van der Waals surface area (Å²) in [6.07, 6.45) is -0.0705. The number of anilines is 1. The molecule has 0 saturated heterocycles. The van der Waals surface area contributed by atoms with Crippen LogP contribution < -0.4 is 10.9 Å². The molecule has 29 heavy (non-hydrogen) atoms. The first kappa shape index (κ1) is 21.4. The number of hydrogen-bond acceptors (Lipinski definition) is 4. The molecule has 0 radical (unpaired) electrons. The van der Waals surface area contributed by atoms with E-state index in [1.54, 1.807) is 19.1 Å². The predicted molar refractivity (Wildman–Crippen MR) is 119 cm³/mol. The maximum absolute atomic E-state index is 12.5. The zero-order valence-corrected chi connectivity index (χ0v) is 18.2. The Morgan fingerprint density at radius 3 is 2.66 bits per heavy atom. The summed E-state index contributed by atoms with van der Waals surface area (Å²) in [5.41, 5.74) is 3.09. The quantitative estimate of drug-likeness (QED) is 0.403. The van der Waals surface area contributed by atoms with Crippen LogP contribution in [0.3, 0.4) is 0 Å². The van der Waals surface area contributed by atoms with Gasteiger partial charge in [-0.2, -0.15) is 0 Å². The first-order chi connectivity index (χ1) is 13.8. The van der Waals surface area contributed by atoms with Gasteiger partial charge < -0.3 is 10.3 Å². The highest BCUT2D eigenvalue weighted by atomic mass is 35.5. The fourth-order valence-electron chi connectivity index (χ4n) is 2.68. The number of H-pyrrole nitrogens is 1. The van der Waals surface area contributed by atoms with Crippen molar-refractivity contribution in [1.82, 2.24) is 9.97 Å². The summed E-state index contributed by atoms with van der Waals surface area (Å²) in [5.74, 6) is 0.316. The van der Waals surface area contributed by atoms with E-state index < -0.39 is 0 Å². The van der Waals surface area contributed by atoms with Crippen LogP contribution in [0.2, 0.25) is 10.0 Å². The van der Waals surface area contributed by atoms with Crippen molar-refractivity contribution in [2.45, 2.75) is 31.2 Å². The SMILES string of the molecule is Cc1ccc(NC(=O)Cc2c(C)nc(SCc3cccc(Cl)c3)[nH]c2=O)cc1Cl. The summed E-state index contributed by atoms with van der Waals surface area (Å²) < 4.78 is 0. The van der Waals surface area contributed by atoms with E-state index in [0.29, 0.717) is 37.9 Å². The molecular weight excluding hydrogens is 429 g/mol. The van der Waals surface area contributed by atoms with Gasteiger partial charge in [0.1, 0.15) is 0 Å². The predicted octanol–water partition coefficient (Wildman–Crippen LogP) is 5.17. The molecule has 150 valence electrons. The van der Waals surface area contributed by atoms with Crippen molar-refractivity contribution in [2.24, 2.45) is 0 Å². The molecule has 8 heteroatoms. The summed E-state index contributed by atoms with van der Waals surface area (Å²) in [6, 6.07) is 12.8. The average molecular weight is 448 g/mol. The van der Waals surface area contributed by atoms with E-state index >= 15 is 0 Å². The fraction of sp³-hybridized carbons (Fsp3) is 0.190. The Balaban J connectivity index is 1.67. The van der Waals surface area contributed by atoms with Crippen LogP contribution in [0.25, 0.3) is 0 Å². The largest absolute Gasteiger partial charge is 0.326 e. The van der Waals surface area contributed by atoms with Crippen molar-refractivity contribution in [3.8, 4) is 0 Å². The lowest BCUT2D eigenvalue weighted by Crippen LogP contribution is -2.23. The van der Waals surface area contributed by atoms with Crippen LogP contribution in [0.15, 0.2) is 52.4 Å². The van der Waals surface area contributed by atoms with Crippen molar-refractivity contribution in [1.29, 1.82) is 0 Å². The molecule has 0 atom stereocenters. The number of aromatic amines is 1. The van der Waals surface area contributed by atoms with E-state index in [2.05, 4.69) is 15.3 Å². The normalized spacial score (nSPS) is 10.8. The maximum atomic E-state index is 12.5. The van der Waals surface area contributed by atoms with E-state index in [0.717, 1.165) is 11.1 Å². The van der Waals surface area contributed by atoms with Gasteiger partial charge in [-0.25, -0.2) is 4.98 Å². The number of carbonyl (C=O) groups excluding carboxylic acids is 1. The molecule has 1 heterocycles. The minimum absolute atomic E-state index is 0.0705. The summed E-state index contributed by atoms with van der Waals surface area (Å²) in [4.78, 5) is 32.0. The second kappa shape index (κ2) is 9.48. The second-order valence-corrected chi connectivity index (χ2v) is 8.35. The van der Waals surface area contributed by atoms with Gasteiger partial charge in [-0.05, 0) is 49.2 Å². The Kier molecular flexibility index (Phi) is 7.00. The minimum Gasteiger partial charge on any atom is -0.326 e. The van der Waals surface area contributed by atoms with Crippen LogP contribution in [0, 0.1) is 13.8 Å². The molecule has 0 aliphatic rings. The molecule has 2 N–H and O–H groups in total. The molecule has 0 spiro atoms. The van der Waals surface area contributed by atoms with Gasteiger partial charge >= 0.3 is 0 Å². The van der Waals surface area contributed by atoms with Crippen molar-refractivity contribution in [3.05, 3.63) is 85.2 Å². The van der Waals surface area contributed by atoms with Gasteiger partial charge in [0, 0.05) is 32.7 Å². The molecular formula is C21H19Cl2N3O2S. The number of halogens is 2. The number of aromatic nitrogens is 2. The summed E-state index contributed by atoms with van der Waals surface area (Å²) in [6.45, 7) is 3.61. The Hall–Kier alpha value is -2.28. The van der Waals surface area contributed by atoms with Crippen LogP contribution in [-0.2, 0) is 17.0 Å². The molecule has 2 aromatic carbocycles. The maximum Gasteiger partial charge on any atom is 0.255 e. The third-order valence-electron chi connectivity index (χ3n) is 4.26. The van der Waals surface area contributed by atoms with E-state index in [1.165, 1.54) is 11.8 Å². The zero-order chi connectivity index (χ0) is 21.0. The van der Waals surface area contributed by atoms with Crippen LogP contribution >= 0.6 is 35.0 Å². The smallest absolute Gasteiger partial charge is 0.255 e. The second-order valence-electron chi connectivity index (χ2n) is 6.54. The van der Waals surface area contributed by atoms with E-state index in [4.69, 9.17) is 23.2 Å². The number of benzene rings is 2. The van der Waals surface area contributed by atoms with Gasteiger partial charge in [0.2, 0.25) is 5.91 Å². The number of nitrogens with one attached hydrogen (secondary N) is 2. The van der Waals surface area contributed by atoms with Crippen LogP contribution in [0.4, 0.5) is 5.69 Å². The summed E-state index contributed by atoms with van der Waals surface area (Å²) >= 11 is 13.5. The number of rotatable bonds is 6. The number of hydrogen-bond donors (Lipinski definition) is 2. The van der Waals surface area contributed by atoms with Gasteiger partial charge in [-0.3, -0.25) is 9.59 Å². The van der Waals surface area contributed by atoms with Crippen molar-refractivity contribution < 1.29 is 4.79 Å². The molecule has 0 aliphatic carbocycles. The molecule has 0 saturated carbocycles. The standard InChI is InChI=1S/C21H19Cl2N3O2S/c1-12-6-7-16(9-18(12)23)25-19(27)10-17-13(2)24-21(26-20(17)28)29-11-14-4-3-5-15(22)8-14/h3-9H,10-11H2,1-2H3,(H,25,27)(H,24,26,28). The molecule has 1 amide bonds. The first-order valence-electron chi connectivity index (χ1n) is 8.85. The first-order valence-corrected chi connectivity index (χ1v) is 10.6. The van der Waals surface area contributed by atoms with Gasteiger partial charge in [0.15, 0.2) is 5.16 Å². The highest BCUT2D eigenvalue weighted by Crippen LogP contribution is 2.22. The van der Waals surface area contributed by atoms with Crippen LogP contribution in [0.1, 0.15) is 22.4 Å². The number of aryl methyl sites for hydroxylation is 2.